The Balaban J connectivity index is 1.31. The van der Waals surface area contributed by atoms with Crippen molar-refractivity contribution in [1.82, 2.24) is 24.9 Å². The van der Waals surface area contributed by atoms with Crippen molar-refractivity contribution in [3.63, 3.8) is 0 Å². The van der Waals surface area contributed by atoms with Crippen LogP contribution in [0.1, 0.15) is 35.6 Å². The maximum absolute atomic E-state index is 6.57. The minimum Gasteiger partial charge on any atom is -0.329 e. The first kappa shape index (κ1) is 18.9. The van der Waals surface area contributed by atoms with E-state index in [1.54, 1.807) is 0 Å². The standard InChI is InChI=1S/C22H20ClN7S/c23-19-16-11-25-10-14(16)3-4-17(19)27-22-29-28-21(31-22)15-2-1-9-30-12-18(26-20(15)30)13-5-7-24-8-6-13/h1-4,9,11-13,24H,5-8,10H2,(H,27,29). The number of aliphatic imine (C=N–C) groups is 1. The highest BCUT2D eigenvalue weighted by Crippen LogP contribution is 2.36. The highest BCUT2D eigenvalue weighted by atomic mass is 35.5. The van der Waals surface area contributed by atoms with E-state index in [1.807, 2.05) is 30.6 Å². The third-order valence-electron chi connectivity index (χ3n) is 5.91. The number of pyridine rings is 1. The van der Waals surface area contributed by atoms with Gasteiger partial charge in [-0.05, 0) is 49.7 Å². The number of anilines is 2. The Morgan fingerprint density at radius 2 is 2.06 bits per heavy atom. The molecule has 1 fully saturated rings. The van der Waals surface area contributed by atoms with Gasteiger partial charge >= 0.3 is 0 Å². The van der Waals surface area contributed by atoms with Crippen molar-refractivity contribution in [3.8, 4) is 10.6 Å². The van der Waals surface area contributed by atoms with E-state index in [-0.39, 0.29) is 0 Å². The summed E-state index contributed by atoms with van der Waals surface area (Å²) < 4.78 is 2.10. The molecule has 1 saturated heterocycles. The molecule has 2 N–H and O–H groups in total. The van der Waals surface area contributed by atoms with E-state index in [2.05, 4.69) is 42.5 Å². The molecule has 156 valence electrons. The quantitative estimate of drug-likeness (QED) is 0.474. The van der Waals surface area contributed by atoms with E-state index in [1.165, 1.54) is 11.3 Å². The number of nitrogens with zero attached hydrogens (tertiary/aromatic N) is 5. The molecule has 0 spiro atoms. The Morgan fingerprint density at radius 3 is 2.97 bits per heavy atom. The fraction of sp³-hybridized carbons (Fsp3) is 0.273. The number of hydrogen-bond donors (Lipinski definition) is 2. The summed E-state index contributed by atoms with van der Waals surface area (Å²) in [5, 5.41) is 17.7. The van der Waals surface area contributed by atoms with E-state index < -0.39 is 0 Å². The zero-order valence-electron chi connectivity index (χ0n) is 16.7. The van der Waals surface area contributed by atoms with Gasteiger partial charge in [0.15, 0.2) is 5.01 Å². The number of rotatable bonds is 4. The monoisotopic (exact) mass is 449 g/mol. The van der Waals surface area contributed by atoms with Gasteiger partial charge in [-0.1, -0.05) is 29.0 Å². The third kappa shape index (κ3) is 3.40. The van der Waals surface area contributed by atoms with Crippen LogP contribution in [-0.4, -0.2) is 38.9 Å². The van der Waals surface area contributed by atoms with Gasteiger partial charge in [0.2, 0.25) is 5.13 Å². The minimum absolute atomic E-state index is 0.506. The summed E-state index contributed by atoms with van der Waals surface area (Å²) in [5.74, 6) is 0.506. The first-order chi connectivity index (χ1) is 15.3. The van der Waals surface area contributed by atoms with Crippen LogP contribution in [0, 0.1) is 0 Å². The van der Waals surface area contributed by atoms with Gasteiger partial charge in [0.05, 0.1) is 28.5 Å². The van der Waals surface area contributed by atoms with Crippen LogP contribution in [0.5, 0.6) is 0 Å². The number of piperidine rings is 1. The van der Waals surface area contributed by atoms with Crippen LogP contribution in [0.4, 0.5) is 10.8 Å². The second-order valence-electron chi connectivity index (χ2n) is 7.85. The predicted octanol–water partition coefficient (Wildman–Crippen LogP) is 4.65. The molecule has 5 heterocycles. The van der Waals surface area contributed by atoms with Crippen molar-refractivity contribution < 1.29 is 0 Å². The molecular weight excluding hydrogens is 430 g/mol. The minimum atomic E-state index is 0.506. The molecule has 0 bridgehead atoms. The molecule has 0 saturated carbocycles. The molecule has 0 atom stereocenters. The van der Waals surface area contributed by atoms with E-state index in [0.717, 1.165) is 64.7 Å². The number of benzene rings is 1. The lowest BCUT2D eigenvalue weighted by Crippen LogP contribution is -2.26. The zero-order chi connectivity index (χ0) is 20.8. The van der Waals surface area contributed by atoms with Gasteiger partial charge in [-0.3, -0.25) is 4.99 Å². The maximum Gasteiger partial charge on any atom is 0.210 e. The normalized spacial score (nSPS) is 16.2. The van der Waals surface area contributed by atoms with Gasteiger partial charge in [0.1, 0.15) is 5.65 Å². The Bertz CT molecular complexity index is 1300. The van der Waals surface area contributed by atoms with Crippen LogP contribution in [-0.2, 0) is 6.54 Å². The van der Waals surface area contributed by atoms with Crippen LogP contribution in [0.15, 0.2) is 41.7 Å². The topological polar surface area (TPSA) is 79.5 Å². The molecule has 0 radical (unpaired) electrons. The molecule has 0 unspecified atom stereocenters. The summed E-state index contributed by atoms with van der Waals surface area (Å²) in [6.07, 6.45) is 8.27. The molecule has 1 aromatic carbocycles. The van der Waals surface area contributed by atoms with Crippen LogP contribution in [0.2, 0.25) is 5.02 Å². The second kappa shape index (κ2) is 7.71. The molecule has 3 aromatic heterocycles. The van der Waals surface area contributed by atoms with Gasteiger partial charge in [-0.15, -0.1) is 10.2 Å². The molecular formula is C22H20ClN7S. The molecule has 2 aliphatic rings. The number of fused-ring (bicyclic) bond motifs is 2. The molecule has 4 aromatic rings. The summed E-state index contributed by atoms with van der Waals surface area (Å²) in [7, 11) is 0. The maximum atomic E-state index is 6.57. The van der Waals surface area contributed by atoms with Crippen LogP contribution < -0.4 is 10.6 Å². The molecule has 9 heteroatoms. The van der Waals surface area contributed by atoms with Crippen molar-refractivity contribution >= 4 is 45.6 Å². The first-order valence-electron chi connectivity index (χ1n) is 10.4. The highest BCUT2D eigenvalue weighted by Gasteiger charge is 2.20. The zero-order valence-corrected chi connectivity index (χ0v) is 18.2. The van der Waals surface area contributed by atoms with Gasteiger partial charge in [0.25, 0.3) is 0 Å². The average molecular weight is 450 g/mol. The van der Waals surface area contributed by atoms with E-state index >= 15 is 0 Å². The molecule has 6 rings (SSSR count). The van der Waals surface area contributed by atoms with Crippen LogP contribution in [0.25, 0.3) is 16.2 Å². The molecule has 7 nitrogen and oxygen atoms in total. The van der Waals surface area contributed by atoms with Crippen molar-refractivity contribution in [2.45, 2.75) is 25.3 Å². The Hall–Kier alpha value is -2.81. The largest absolute Gasteiger partial charge is 0.329 e. The lowest BCUT2D eigenvalue weighted by atomic mass is 9.95. The Labute approximate surface area is 188 Å². The van der Waals surface area contributed by atoms with E-state index in [4.69, 9.17) is 16.6 Å². The van der Waals surface area contributed by atoms with E-state index in [0.29, 0.717) is 22.6 Å². The van der Waals surface area contributed by atoms with Crippen molar-refractivity contribution in [1.29, 1.82) is 0 Å². The van der Waals surface area contributed by atoms with Crippen LogP contribution in [0.3, 0.4) is 0 Å². The van der Waals surface area contributed by atoms with Crippen molar-refractivity contribution in [3.05, 3.63) is 58.5 Å². The Kier molecular flexibility index (Phi) is 4.70. The van der Waals surface area contributed by atoms with Gasteiger partial charge in [0, 0.05) is 30.1 Å². The number of halogens is 1. The molecule has 2 aliphatic heterocycles. The lowest BCUT2D eigenvalue weighted by Gasteiger charge is -2.20. The first-order valence-corrected chi connectivity index (χ1v) is 11.6. The van der Waals surface area contributed by atoms with Gasteiger partial charge in [-0.2, -0.15) is 0 Å². The fourth-order valence-corrected chi connectivity index (χ4v) is 5.31. The van der Waals surface area contributed by atoms with Crippen molar-refractivity contribution in [2.24, 2.45) is 4.99 Å². The predicted molar refractivity (Wildman–Crippen MR) is 125 cm³/mol. The molecule has 0 aliphatic carbocycles. The lowest BCUT2D eigenvalue weighted by molar-refractivity contribution is 0.454. The summed E-state index contributed by atoms with van der Waals surface area (Å²) in [6.45, 7) is 2.79. The number of nitrogens with one attached hydrogen (secondary N) is 2. The van der Waals surface area contributed by atoms with Crippen LogP contribution >= 0.6 is 22.9 Å². The molecule has 31 heavy (non-hydrogen) atoms. The summed E-state index contributed by atoms with van der Waals surface area (Å²) in [6, 6.07) is 8.10. The summed E-state index contributed by atoms with van der Waals surface area (Å²) >= 11 is 8.06. The number of imidazole rings is 1. The van der Waals surface area contributed by atoms with E-state index in [9.17, 15) is 0 Å². The van der Waals surface area contributed by atoms with Crippen molar-refractivity contribution in [2.75, 3.05) is 18.4 Å². The number of hydrogen-bond acceptors (Lipinski definition) is 7. The second-order valence-corrected chi connectivity index (χ2v) is 9.21. The number of aromatic nitrogens is 4. The fourth-order valence-electron chi connectivity index (χ4n) is 4.25. The smallest absolute Gasteiger partial charge is 0.210 e. The third-order valence-corrected chi connectivity index (χ3v) is 7.19. The summed E-state index contributed by atoms with van der Waals surface area (Å²) in [5.41, 5.74) is 5.99. The SMILES string of the molecule is Clc1c(Nc2nnc(-c3cccn4cc(C5CCNCC5)nc34)s2)ccc2c1C=NC2. The molecule has 0 amide bonds. The van der Waals surface area contributed by atoms with Gasteiger partial charge in [-0.25, -0.2) is 4.98 Å². The van der Waals surface area contributed by atoms with Gasteiger partial charge < -0.3 is 15.0 Å². The highest BCUT2D eigenvalue weighted by molar-refractivity contribution is 7.18. The summed E-state index contributed by atoms with van der Waals surface area (Å²) in [4.78, 5) is 9.27. The Morgan fingerprint density at radius 1 is 1.16 bits per heavy atom. The average Bonchev–Trinajstić information content (AvgIpc) is 3.55.